The number of piperidine rings is 1. The maximum absolute atomic E-state index is 12.1. The van der Waals surface area contributed by atoms with E-state index in [1.807, 2.05) is 11.6 Å². The van der Waals surface area contributed by atoms with E-state index in [1.165, 1.54) is 5.56 Å². The zero-order valence-corrected chi connectivity index (χ0v) is 14.7. The van der Waals surface area contributed by atoms with Gasteiger partial charge in [0, 0.05) is 51.4 Å². The standard InChI is InChI=1S/C17H26N4O3/c1-4-21-11-13(12(2)18-21)10-20-7-5-17(6-8-20)14(16(23)24)9-15(22)19(17)3/h11,14H,4-10H2,1-3H3,(H,23,24). The fraction of sp³-hybridized carbons (Fsp3) is 0.706. The van der Waals surface area contributed by atoms with Crippen molar-refractivity contribution < 1.29 is 14.7 Å². The third-order valence-electron chi connectivity index (χ3n) is 5.86. The van der Waals surface area contributed by atoms with Gasteiger partial charge >= 0.3 is 5.97 Å². The van der Waals surface area contributed by atoms with Gasteiger partial charge in [-0.25, -0.2) is 0 Å². The molecule has 7 heteroatoms. The Morgan fingerprint density at radius 2 is 2.08 bits per heavy atom. The highest BCUT2D eigenvalue weighted by atomic mass is 16.4. The van der Waals surface area contributed by atoms with E-state index in [0.29, 0.717) is 12.8 Å². The van der Waals surface area contributed by atoms with E-state index < -0.39 is 17.4 Å². The van der Waals surface area contributed by atoms with Gasteiger partial charge in [0.2, 0.25) is 5.91 Å². The van der Waals surface area contributed by atoms with Gasteiger partial charge in [-0.1, -0.05) is 0 Å². The Bertz CT molecular complexity index is 646. The van der Waals surface area contributed by atoms with Crippen LogP contribution in [0.4, 0.5) is 0 Å². The maximum Gasteiger partial charge on any atom is 0.309 e. The molecule has 7 nitrogen and oxygen atoms in total. The molecular weight excluding hydrogens is 308 g/mol. The molecule has 1 N–H and O–H groups in total. The molecule has 1 aromatic heterocycles. The third-order valence-corrected chi connectivity index (χ3v) is 5.86. The first-order chi connectivity index (χ1) is 11.4. The first-order valence-corrected chi connectivity index (χ1v) is 8.62. The Balaban J connectivity index is 1.69. The molecule has 3 heterocycles. The minimum absolute atomic E-state index is 0.0454. The Morgan fingerprint density at radius 3 is 2.62 bits per heavy atom. The number of nitrogens with zero attached hydrogens (tertiary/aromatic N) is 4. The summed E-state index contributed by atoms with van der Waals surface area (Å²) in [4.78, 5) is 27.7. The van der Waals surface area contributed by atoms with Crippen LogP contribution in [-0.2, 0) is 22.7 Å². The van der Waals surface area contributed by atoms with Crippen molar-refractivity contribution in [2.75, 3.05) is 20.1 Å². The van der Waals surface area contributed by atoms with Crippen molar-refractivity contribution in [3.63, 3.8) is 0 Å². The minimum atomic E-state index is -0.846. The van der Waals surface area contributed by atoms with Crippen LogP contribution in [0.1, 0.15) is 37.4 Å². The smallest absolute Gasteiger partial charge is 0.309 e. The van der Waals surface area contributed by atoms with Crippen LogP contribution in [0.2, 0.25) is 0 Å². The van der Waals surface area contributed by atoms with Gasteiger partial charge in [0.15, 0.2) is 0 Å². The van der Waals surface area contributed by atoms with Gasteiger partial charge in [-0.3, -0.25) is 19.2 Å². The monoisotopic (exact) mass is 334 g/mol. The predicted molar refractivity (Wildman–Crippen MR) is 88.4 cm³/mol. The molecule has 1 amide bonds. The number of carbonyl (C=O) groups excluding carboxylic acids is 1. The molecule has 1 unspecified atom stereocenters. The highest BCUT2D eigenvalue weighted by Gasteiger charge is 2.55. The number of hydrogen-bond donors (Lipinski definition) is 1. The first kappa shape index (κ1) is 17.0. The number of carboxylic acid groups (broad SMARTS) is 1. The maximum atomic E-state index is 12.1. The van der Waals surface area contributed by atoms with E-state index in [0.717, 1.165) is 31.9 Å². The second kappa shape index (κ2) is 6.20. The summed E-state index contributed by atoms with van der Waals surface area (Å²) in [5.41, 5.74) is 1.76. The quantitative estimate of drug-likeness (QED) is 0.892. The van der Waals surface area contributed by atoms with Crippen LogP contribution in [0.3, 0.4) is 0 Å². The van der Waals surface area contributed by atoms with Crippen LogP contribution in [-0.4, -0.2) is 62.2 Å². The van der Waals surface area contributed by atoms with E-state index in [4.69, 9.17) is 0 Å². The van der Waals surface area contributed by atoms with Crippen molar-refractivity contribution in [2.24, 2.45) is 5.92 Å². The van der Waals surface area contributed by atoms with Crippen LogP contribution in [0.5, 0.6) is 0 Å². The Labute approximate surface area is 142 Å². The number of aliphatic carboxylic acids is 1. The van der Waals surface area contributed by atoms with Crippen molar-refractivity contribution in [2.45, 2.75) is 51.7 Å². The lowest BCUT2D eigenvalue weighted by atomic mass is 9.77. The van der Waals surface area contributed by atoms with Crippen LogP contribution in [0.25, 0.3) is 0 Å². The molecule has 0 radical (unpaired) electrons. The Kier molecular flexibility index (Phi) is 4.38. The Morgan fingerprint density at radius 1 is 1.42 bits per heavy atom. The summed E-state index contributed by atoms with van der Waals surface area (Å²) >= 11 is 0. The van der Waals surface area contributed by atoms with E-state index in [-0.39, 0.29) is 12.3 Å². The molecule has 0 bridgehead atoms. The number of aromatic nitrogens is 2. The van der Waals surface area contributed by atoms with E-state index in [9.17, 15) is 14.7 Å². The van der Waals surface area contributed by atoms with Gasteiger partial charge < -0.3 is 10.0 Å². The molecule has 2 fully saturated rings. The van der Waals surface area contributed by atoms with E-state index >= 15 is 0 Å². The number of carbonyl (C=O) groups is 2. The summed E-state index contributed by atoms with van der Waals surface area (Å²) in [5, 5.41) is 14.0. The zero-order valence-electron chi connectivity index (χ0n) is 14.7. The highest BCUT2D eigenvalue weighted by Crippen LogP contribution is 2.43. The van der Waals surface area contributed by atoms with Crippen LogP contribution in [0, 0.1) is 12.8 Å². The molecule has 0 aromatic carbocycles. The Hall–Kier alpha value is -1.89. The number of carboxylic acids is 1. The second-order valence-electron chi connectivity index (χ2n) is 7.02. The fourth-order valence-electron chi connectivity index (χ4n) is 4.20. The molecule has 1 aromatic rings. The molecule has 3 rings (SSSR count). The lowest BCUT2D eigenvalue weighted by molar-refractivity contribution is -0.146. The van der Waals surface area contributed by atoms with Gasteiger partial charge in [0.1, 0.15) is 0 Å². The van der Waals surface area contributed by atoms with Gasteiger partial charge in [-0.2, -0.15) is 5.10 Å². The number of likely N-dealkylation sites (tertiary alicyclic amines) is 2. The molecule has 0 aliphatic carbocycles. The lowest BCUT2D eigenvalue weighted by Crippen LogP contribution is -2.55. The van der Waals surface area contributed by atoms with Crippen molar-refractivity contribution in [3.05, 3.63) is 17.5 Å². The number of rotatable bonds is 4. The SMILES string of the molecule is CCn1cc(CN2CCC3(CC2)C(C(=O)O)CC(=O)N3C)c(C)n1. The molecule has 1 atom stereocenters. The molecular formula is C17H26N4O3. The summed E-state index contributed by atoms with van der Waals surface area (Å²) in [6.45, 7) is 7.39. The van der Waals surface area contributed by atoms with Crippen molar-refractivity contribution in [1.29, 1.82) is 0 Å². The normalized spacial score (nSPS) is 24.0. The second-order valence-corrected chi connectivity index (χ2v) is 7.02. The molecule has 0 saturated carbocycles. The third kappa shape index (κ3) is 2.70. The lowest BCUT2D eigenvalue weighted by Gasteiger charge is -2.45. The average molecular weight is 334 g/mol. The highest BCUT2D eigenvalue weighted by molar-refractivity contribution is 5.88. The topological polar surface area (TPSA) is 78.7 Å². The largest absolute Gasteiger partial charge is 0.481 e. The number of aryl methyl sites for hydroxylation is 2. The summed E-state index contributed by atoms with van der Waals surface area (Å²) in [7, 11) is 1.76. The zero-order chi connectivity index (χ0) is 17.5. The summed E-state index contributed by atoms with van der Waals surface area (Å²) in [6.07, 6.45) is 3.65. The van der Waals surface area contributed by atoms with Crippen molar-refractivity contribution >= 4 is 11.9 Å². The molecule has 1 spiro atoms. The minimum Gasteiger partial charge on any atom is -0.481 e. The molecule has 2 aliphatic heterocycles. The molecule has 2 saturated heterocycles. The summed E-state index contributed by atoms with van der Waals surface area (Å²) in [5.74, 6) is -1.47. The van der Waals surface area contributed by atoms with Crippen molar-refractivity contribution in [1.82, 2.24) is 19.6 Å². The molecule has 24 heavy (non-hydrogen) atoms. The van der Waals surface area contributed by atoms with Crippen LogP contribution < -0.4 is 0 Å². The van der Waals surface area contributed by atoms with Gasteiger partial charge in [-0.15, -0.1) is 0 Å². The molecule has 132 valence electrons. The first-order valence-electron chi connectivity index (χ1n) is 8.62. The van der Waals surface area contributed by atoms with Crippen LogP contribution in [0.15, 0.2) is 6.20 Å². The molecule has 2 aliphatic rings. The van der Waals surface area contributed by atoms with Gasteiger partial charge in [0.25, 0.3) is 0 Å². The predicted octanol–water partition coefficient (Wildman–Crippen LogP) is 1.11. The van der Waals surface area contributed by atoms with Gasteiger partial charge in [-0.05, 0) is 26.7 Å². The summed E-state index contributed by atoms with van der Waals surface area (Å²) in [6, 6.07) is 0. The van der Waals surface area contributed by atoms with E-state index in [2.05, 4.69) is 23.1 Å². The van der Waals surface area contributed by atoms with Crippen LogP contribution >= 0.6 is 0 Å². The van der Waals surface area contributed by atoms with E-state index in [1.54, 1.807) is 11.9 Å². The van der Waals surface area contributed by atoms with Crippen molar-refractivity contribution in [3.8, 4) is 0 Å². The fourth-order valence-corrected chi connectivity index (χ4v) is 4.20. The average Bonchev–Trinajstić information content (AvgIpc) is 3.03. The summed E-state index contributed by atoms with van der Waals surface area (Å²) < 4.78 is 1.94. The number of hydrogen-bond acceptors (Lipinski definition) is 4. The number of amides is 1. The van der Waals surface area contributed by atoms with Gasteiger partial charge in [0.05, 0.1) is 17.2 Å².